The van der Waals surface area contributed by atoms with Crippen molar-refractivity contribution in [3.63, 3.8) is 0 Å². The molecule has 0 amide bonds. The molecule has 0 aliphatic heterocycles. The zero-order chi connectivity index (χ0) is 13.6. The van der Waals surface area contributed by atoms with Gasteiger partial charge in [0.2, 0.25) is 0 Å². The maximum atomic E-state index is 6.15. The van der Waals surface area contributed by atoms with Gasteiger partial charge in [-0.05, 0) is 24.6 Å². The normalized spacial score (nSPS) is 11.3. The van der Waals surface area contributed by atoms with Crippen LogP contribution in [0.15, 0.2) is 24.4 Å². The molecule has 0 aromatic carbocycles. The molecule has 3 aromatic heterocycles. The van der Waals surface area contributed by atoms with Crippen LogP contribution in [0.25, 0.3) is 16.2 Å². The summed E-state index contributed by atoms with van der Waals surface area (Å²) in [7, 11) is 0. The van der Waals surface area contributed by atoms with Crippen LogP contribution in [0.5, 0.6) is 0 Å². The average Bonchev–Trinajstić information content (AvgIpc) is 2.95. The minimum atomic E-state index is 0.498. The SMILES string of the molecule is CCc1ccc(-c2nc3c(Cl)cc(Cl)cn3c2N)s1. The first-order valence-electron chi connectivity index (χ1n) is 5.81. The predicted molar refractivity (Wildman–Crippen MR) is 82.3 cm³/mol. The number of fused-ring (bicyclic) bond motifs is 1. The van der Waals surface area contributed by atoms with E-state index < -0.39 is 0 Å². The summed E-state index contributed by atoms with van der Waals surface area (Å²) in [5.41, 5.74) is 7.54. The maximum Gasteiger partial charge on any atom is 0.158 e. The number of hydrogen-bond acceptors (Lipinski definition) is 3. The lowest BCUT2D eigenvalue weighted by Crippen LogP contribution is -1.93. The molecule has 0 aliphatic rings. The molecule has 3 aromatic rings. The number of imidazole rings is 1. The Labute approximate surface area is 124 Å². The molecule has 0 aliphatic carbocycles. The van der Waals surface area contributed by atoms with E-state index in [9.17, 15) is 0 Å². The average molecular weight is 312 g/mol. The highest BCUT2D eigenvalue weighted by Gasteiger charge is 2.15. The van der Waals surface area contributed by atoms with Crippen LogP contribution in [-0.4, -0.2) is 9.38 Å². The number of nitrogens with two attached hydrogens (primary N) is 1. The van der Waals surface area contributed by atoms with Gasteiger partial charge in [-0.25, -0.2) is 4.98 Å². The highest BCUT2D eigenvalue weighted by atomic mass is 35.5. The molecule has 98 valence electrons. The molecule has 3 nitrogen and oxygen atoms in total. The molecule has 0 fully saturated rings. The van der Waals surface area contributed by atoms with Gasteiger partial charge in [0, 0.05) is 11.1 Å². The Hall–Kier alpha value is -1.23. The molecule has 0 bridgehead atoms. The number of nitrogens with zero attached hydrogens (tertiary/aromatic N) is 2. The molecule has 0 atom stereocenters. The van der Waals surface area contributed by atoms with Gasteiger partial charge in [0.15, 0.2) is 5.65 Å². The number of hydrogen-bond donors (Lipinski definition) is 1. The summed E-state index contributed by atoms with van der Waals surface area (Å²) in [6, 6.07) is 5.80. The van der Waals surface area contributed by atoms with Gasteiger partial charge in [0.05, 0.1) is 14.9 Å². The van der Waals surface area contributed by atoms with E-state index >= 15 is 0 Å². The Morgan fingerprint density at radius 3 is 2.84 bits per heavy atom. The molecule has 0 unspecified atom stereocenters. The van der Waals surface area contributed by atoms with Crippen LogP contribution < -0.4 is 5.73 Å². The number of nitrogen functional groups attached to an aromatic ring is 1. The first-order valence-corrected chi connectivity index (χ1v) is 7.39. The van der Waals surface area contributed by atoms with Crippen molar-refractivity contribution in [2.45, 2.75) is 13.3 Å². The van der Waals surface area contributed by atoms with Crippen LogP contribution in [0, 0.1) is 0 Å². The van der Waals surface area contributed by atoms with Gasteiger partial charge in [-0.2, -0.15) is 0 Å². The molecule has 6 heteroatoms. The largest absolute Gasteiger partial charge is 0.383 e. The second-order valence-electron chi connectivity index (χ2n) is 4.17. The number of pyridine rings is 1. The van der Waals surface area contributed by atoms with Crippen LogP contribution in [0.1, 0.15) is 11.8 Å². The Morgan fingerprint density at radius 1 is 1.37 bits per heavy atom. The van der Waals surface area contributed by atoms with Gasteiger partial charge in [-0.1, -0.05) is 30.1 Å². The summed E-state index contributed by atoms with van der Waals surface area (Å²) >= 11 is 13.8. The molecule has 0 radical (unpaired) electrons. The fourth-order valence-corrected chi connectivity index (χ4v) is 3.43. The van der Waals surface area contributed by atoms with E-state index in [1.165, 1.54) is 4.88 Å². The summed E-state index contributed by atoms with van der Waals surface area (Å²) in [6.07, 6.45) is 2.73. The van der Waals surface area contributed by atoms with Crippen molar-refractivity contribution in [3.05, 3.63) is 39.3 Å². The van der Waals surface area contributed by atoms with Crippen LogP contribution in [0.2, 0.25) is 10.0 Å². The number of anilines is 1. The van der Waals surface area contributed by atoms with Crippen molar-refractivity contribution in [2.75, 3.05) is 5.73 Å². The van der Waals surface area contributed by atoms with Crippen molar-refractivity contribution >= 4 is 46.0 Å². The quantitative estimate of drug-likeness (QED) is 0.756. The molecular weight excluding hydrogens is 301 g/mol. The van der Waals surface area contributed by atoms with Crippen molar-refractivity contribution in [3.8, 4) is 10.6 Å². The first kappa shape index (κ1) is 12.8. The third-order valence-corrected chi connectivity index (χ3v) is 4.64. The number of aromatic nitrogens is 2. The molecule has 19 heavy (non-hydrogen) atoms. The second kappa shape index (κ2) is 4.71. The highest BCUT2D eigenvalue weighted by Crippen LogP contribution is 2.34. The molecule has 3 heterocycles. The zero-order valence-corrected chi connectivity index (χ0v) is 12.5. The minimum Gasteiger partial charge on any atom is -0.383 e. The van der Waals surface area contributed by atoms with Crippen molar-refractivity contribution in [1.29, 1.82) is 0 Å². The van der Waals surface area contributed by atoms with Crippen LogP contribution >= 0.6 is 34.5 Å². The molecule has 0 saturated carbocycles. The number of halogens is 2. The lowest BCUT2D eigenvalue weighted by Gasteiger charge is -1.99. The molecular formula is C13H11Cl2N3S. The van der Waals surface area contributed by atoms with E-state index in [-0.39, 0.29) is 0 Å². The van der Waals surface area contributed by atoms with Gasteiger partial charge in [0.25, 0.3) is 0 Å². The molecule has 0 spiro atoms. The smallest absolute Gasteiger partial charge is 0.158 e. The third kappa shape index (κ3) is 2.10. The predicted octanol–water partition coefficient (Wildman–Crippen LogP) is 4.51. The van der Waals surface area contributed by atoms with E-state index in [1.54, 1.807) is 28.0 Å². The number of thiophene rings is 1. The van der Waals surface area contributed by atoms with Crippen LogP contribution in [0.3, 0.4) is 0 Å². The van der Waals surface area contributed by atoms with Gasteiger partial charge in [-0.3, -0.25) is 4.40 Å². The number of aryl methyl sites for hydroxylation is 1. The van der Waals surface area contributed by atoms with E-state index in [1.807, 2.05) is 6.07 Å². The second-order valence-corrected chi connectivity index (χ2v) is 6.18. The fraction of sp³-hybridized carbons (Fsp3) is 0.154. The lowest BCUT2D eigenvalue weighted by atomic mass is 10.3. The summed E-state index contributed by atoms with van der Waals surface area (Å²) in [4.78, 5) is 6.88. The highest BCUT2D eigenvalue weighted by molar-refractivity contribution is 7.15. The molecule has 0 saturated heterocycles. The van der Waals surface area contributed by atoms with Gasteiger partial charge < -0.3 is 5.73 Å². The monoisotopic (exact) mass is 311 g/mol. The van der Waals surface area contributed by atoms with Gasteiger partial charge in [-0.15, -0.1) is 11.3 Å². The molecule has 2 N–H and O–H groups in total. The Bertz CT molecular complexity index is 761. The minimum absolute atomic E-state index is 0.498. The standard InChI is InChI=1S/C13H11Cl2N3S/c1-2-8-3-4-10(19-8)11-12(16)18-6-7(14)5-9(15)13(18)17-11/h3-6H,2,16H2,1H3. The number of rotatable bonds is 2. The van der Waals surface area contributed by atoms with Crippen LogP contribution in [-0.2, 0) is 6.42 Å². The zero-order valence-electron chi connectivity index (χ0n) is 10.2. The first-order chi connectivity index (χ1) is 9.10. The Kier molecular flexibility index (Phi) is 3.17. The van der Waals surface area contributed by atoms with E-state index in [0.29, 0.717) is 21.5 Å². The third-order valence-electron chi connectivity index (χ3n) is 2.92. The summed E-state index contributed by atoms with van der Waals surface area (Å²) in [5, 5.41) is 1.03. The van der Waals surface area contributed by atoms with Crippen molar-refractivity contribution in [1.82, 2.24) is 9.38 Å². The van der Waals surface area contributed by atoms with Crippen molar-refractivity contribution in [2.24, 2.45) is 0 Å². The summed E-state index contributed by atoms with van der Waals surface area (Å²) < 4.78 is 1.73. The Balaban J connectivity index is 2.25. The summed E-state index contributed by atoms with van der Waals surface area (Å²) in [6.45, 7) is 2.12. The maximum absolute atomic E-state index is 6.15. The van der Waals surface area contributed by atoms with Crippen molar-refractivity contribution < 1.29 is 0 Å². The van der Waals surface area contributed by atoms with Gasteiger partial charge in [0.1, 0.15) is 11.5 Å². The molecule has 3 rings (SSSR count). The van der Waals surface area contributed by atoms with Crippen LogP contribution in [0.4, 0.5) is 5.82 Å². The fourth-order valence-electron chi connectivity index (χ4n) is 1.97. The van der Waals surface area contributed by atoms with Gasteiger partial charge >= 0.3 is 0 Å². The van der Waals surface area contributed by atoms with E-state index in [4.69, 9.17) is 28.9 Å². The lowest BCUT2D eigenvalue weighted by molar-refractivity contribution is 1.19. The van der Waals surface area contributed by atoms with E-state index in [0.717, 1.165) is 17.0 Å². The Morgan fingerprint density at radius 2 is 2.16 bits per heavy atom. The summed E-state index contributed by atoms with van der Waals surface area (Å²) in [5.74, 6) is 0.559. The van der Waals surface area contributed by atoms with E-state index in [2.05, 4.69) is 18.0 Å². The topological polar surface area (TPSA) is 43.3 Å².